The second-order valence-electron chi connectivity index (χ2n) is 6.29. The van der Waals surface area contributed by atoms with Gasteiger partial charge in [0.2, 0.25) is 0 Å². The lowest BCUT2D eigenvalue weighted by atomic mass is 10.2. The van der Waals surface area contributed by atoms with Crippen molar-refractivity contribution in [3.8, 4) is 11.5 Å². The highest BCUT2D eigenvalue weighted by molar-refractivity contribution is 6.06. The van der Waals surface area contributed by atoms with Crippen molar-refractivity contribution >= 4 is 23.0 Å². The fourth-order valence-electron chi connectivity index (χ4n) is 2.80. The van der Waals surface area contributed by atoms with Gasteiger partial charge in [0.05, 0.1) is 25.0 Å². The first-order valence-electron chi connectivity index (χ1n) is 9.52. The summed E-state index contributed by atoms with van der Waals surface area (Å²) in [4.78, 5) is 15.5. The molecular weight excluding hydrogens is 354 g/mol. The summed E-state index contributed by atoms with van der Waals surface area (Å²) >= 11 is 0. The van der Waals surface area contributed by atoms with Crippen LogP contribution in [0.5, 0.6) is 11.5 Å². The van der Waals surface area contributed by atoms with Gasteiger partial charge in [0, 0.05) is 17.1 Å². The third-order valence-electron chi connectivity index (χ3n) is 4.24. The van der Waals surface area contributed by atoms with Crippen LogP contribution in [-0.2, 0) is 0 Å². The monoisotopic (exact) mass is 379 g/mol. The average molecular weight is 379 g/mol. The number of aromatic nitrogens is 1. The molecule has 0 aliphatic rings. The third kappa shape index (κ3) is 4.71. The summed E-state index contributed by atoms with van der Waals surface area (Å²) in [6.07, 6.45) is 5.34. The van der Waals surface area contributed by atoms with Crippen LogP contribution >= 0.6 is 0 Å². The van der Waals surface area contributed by atoms with Crippen molar-refractivity contribution in [1.29, 1.82) is 0 Å². The number of fused-ring (bicyclic) bond motifs is 1. The number of benzene rings is 2. The standard InChI is InChI=1S/C22H25N3O3/c1-3-5-12-28-20-11-10-16(13-21(20)27-4-2)14-24-25-22(26)18-15-23-19-9-7-6-8-17(18)19/h6-11,13-15,23H,3-5,12H2,1-2H3,(H,25,26). The molecule has 0 atom stereocenters. The maximum Gasteiger partial charge on any atom is 0.273 e. The number of hydrazone groups is 1. The van der Waals surface area contributed by atoms with Gasteiger partial charge in [-0.15, -0.1) is 0 Å². The Balaban J connectivity index is 1.67. The Morgan fingerprint density at radius 3 is 2.82 bits per heavy atom. The molecule has 28 heavy (non-hydrogen) atoms. The zero-order valence-corrected chi connectivity index (χ0v) is 16.2. The van der Waals surface area contributed by atoms with Crippen LogP contribution < -0.4 is 14.9 Å². The van der Waals surface area contributed by atoms with Crippen LogP contribution in [0.4, 0.5) is 0 Å². The molecule has 3 rings (SSSR count). The first kappa shape index (κ1) is 19.5. The number of carbonyl (C=O) groups is 1. The number of H-pyrrole nitrogens is 1. The van der Waals surface area contributed by atoms with Gasteiger partial charge in [0.1, 0.15) is 0 Å². The van der Waals surface area contributed by atoms with Gasteiger partial charge in [0.15, 0.2) is 11.5 Å². The minimum absolute atomic E-state index is 0.266. The van der Waals surface area contributed by atoms with Gasteiger partial charge in [-0.3, -0.25) is 4.79 Å². The summed E-state index contributed by atoms with van der Waals surface area (Å²) in [7, 11) is 0. The normalized spacial score (nSPS) is 11.1. The number of nitrogens with one attached hydrogen (secondary N) is 2. The lowest BCUT2D eigenvalue weighted by molar-refractivity contribution is 0.0957. The minimum Gasteiger partial charge on any atom is -0.490 e. The van der Waals surface area contributed by atoms with Gasteiger partial charge in [-0.1, -0.05) is 31.5 Å². The number of ether oxygens (including phenoxy) is 2. The lowest BCUT2D eigenvalue weighted by Crippen LogP contribution is -2.17. The maximum atomic E-state index is 12.4. The van der Waals surface area contributed by atoms with Gasteiger partial charge < -0.3 is 14.5 Å². The van der Waals surface area contributed by atoms with Crippen LogP contribution in [0.3, 0.4) is 0 Å². The molecule has 0 saturated heterocycles. The second kappa shape index (κ2) is 9.60. The molecule has 6 heteroatoms. The van der Waals surface area contributed by atoms with E-state index in [1.165, 1.54) is 0 Å². The van der Waals surface area contributed by atoms with Crippen molar-refractivity contribution in [2.75, 3.05) is 13.2 Å². The van der Waals surface area contributed by atoms with Gasteiger partial charge >= 0.3 is 0 Å². The van der Waals surface area contributed by atoms with Crippen LogP contribution in [0.25, 0.3) is 10.9 Å². The van der Waals surface area contributed by atoms with Gasteiger partial charge in [-0.25, -0.2) is 5.43 Å². The fraction of sp³-hybridized carbons (Fsp3) is 0.273. The minimum atomic E-state index is -0.266. The van der Waals surface area contributed by atoms with E-state index in [-0.39, 0.29) is 5.91 Å². The van der Waals surface area contributed by atoms with Crippen molar-refractivity contribution in [2.45, 2.75) is 26.7 Å². The maximum absolute atomic E-state index is 12.4. The van der Waals surface area contributed by atoms with E-state index in [9.17, 15) is 4.79 Å². The summed E-state index contributed by atoms with van der Waals surface area (Å²) in [6.45, 7) is 5.25. The molecule has 0 saturated carbocycles. The van der Waals surface area contributed by atoms with Crippen LogP contribution in [0.15, 0.2) is 53.8 Å². The highest BCUT2D eigenvalue weighted by Crippen LogP contribution is 2.28. The SMILES string of the molecule is CCCCOc1ccc(C=NNC(=O)c2c[nH]c3ccccc23)cc1OCC. The number of rotatable bonds is 9. The third-order valence-corrected chi connectivity index (χ3v) is 4.24. The summed E-state index contributed by atoms with van der Waals surface area (Å²) in [5.74, 6) is 1.12. The molecule has 6 nitrogen and oxygen atoms in total. The highest BCUT2D eigenvalue weighted by atomic mass is 16.5. The topological polar surface area (TPSA) is 75.7 Å². The summed E-state index contributed by atoms with van der Waals surface area (Å²) in [5.41, 5.74) is 4.85. The first-order valence-corrected chi connectivity index (χ1v) is 9.52. The number of aromatic amines is 1. The Kier molecular flexibility index (Phi) is 6.68. The lowest BCUT2D eigenvalue weighted by Gasteiger charge is -2.12. The van der Waals surface area contributed by atoms with Crippen molar-refractivity contribution in [1.82, 2.24) is 10.4 Å². The molecule has 0 spiro atoms. The number of nitrogens with zero attached hydrogens (tertiary/aromatic N) is 1. The van der Waals surface area contributed by atoms with Gasteiger partial charge in [0.25, 0.3) is 5.91 Å². The molecule has 146 valence electrons. The summed E-state index contributed by atoms with van der Waals surface area (Å²) < 4.78 is 11.4. The highest BCUT2D eigenvalue weighted by Gasteiger charge is 2.10. The zero-order valence-electron chi connectivity index (χ0n) is 16.2. The molecule has 3 aromatic rings. The molecule has 0 radical (unpaired) electrons. The molecule has 0 aliphatic heterocycles. The smallest absolute Gasteiger partial charge is 0.273 e. The van der Waals surface area contributed by atoms with Gasteiger partial charge in [-0.2, -0.15) is 5.10 Å². The second-order valence-corrected chi connectivity index (χ2v) is 6.29. The molecule has 0 aliphatic carbocycles. The molecular formula is C22H25N3O3. The Hall–Kier alpha value is -3.28. The predicted octanol–water partition coefficient (Wildman–Crippen LogP) is 4.51. The van der Waals surface area contributed by atoms with E-state index in [2.05, 4.69) is 22.4 Å². The molecule has 2 aromatic carbocycles. The Morgan fingerprint density at radius 1 is 1.14 bits per heavy atom. The largest absolute Gasteiger partial charge is 0.490 e. The number of amides is 1. The number of hydrogen-bond donors (Lipinski definition) is 2. The number of hydrogen-bond acceptors (Lipinski definition) is 4. The average Bonchev–Trinajstić information content (AvgIpc) is 3.14. The van der Waals surface area contributed by atoms with Gasteiger partial charge in [-0.05, 0) is 43.2 Å². The zero-order chi connectivity index (χ0) is 19.8. The van der Waals surface area contributed by atoms with Crippen molar-refractivity contribution in [3.63, 3.8) is 0 Å². The Labute approximate surface area is 164 Å². The van der Waals surface area contributed by atoms with Crippen LogP contribution in [-0.4, -0.2) is 30.3 Å². The molecule has 2 N–H and O–H groups in total. The molecule has 1 aromatic heterocycles. The van der Waals surface area contributed by atoms with Crippen molar-refractivity contribution in [3.05, 3.63) is 59.8 Å². The number of carbonyl (C=O) groups excluding carboxylic acids is 1. The van der Waals surface area contributed by atoms with Crippen LogP contribution in [0.2, 0.25) is 0 Å². The predicted molar refractivity (Wildman–Crippen MR) is 111 cm³/mol. The summed E-state index contributed by atoms with van der Waals surface area (Å²) in [6, 6.07) is 13.2. The quantitative estimate of drug-likeness (QED) is 0.326. The van der Waals surface area contributed by atoms with E-state index in [4.69, 9.17) is 9.47 Å². The molecule has 1 amide bonds. The Morgan fingerprint density at radius 2 is 2.00 bits per heavy atom. The molecule has 0 bridgehead atoms. The van der Waals surface area contributed by atoms with E-state index in [1.807, 2.05) is 49.4 Å². The summed E-state index contributed by atoms with van der Waals surface area (Å²) in [5, 5.41) is 4.94. The Bertz CT molecular complexity index is 963. The van der Waals surface area contributed by atoms with E-state index in [0.717, 1.165) is 35.1 Å². The van der Waals surface area contributed by atoms with E-state index in [0.29, 0.717) is 24.5 Å². The number of para-hydroxylation sites is 1. The number of unbranched alkanes of at least 4 members (excludes halogenated alkanes) is 1. The van der Waals surface area contributed by atoms with E-state index in [1.54, 1.807) is 12.4 Å². The first-order chi connectivity index (χ1) is 13.7. The molecule has 0 unspecified atom stereocenters. The van der Waals surface area contributed by atoms with Crippen molar-refractivity contribution in [2.24, 2.45) is 5.10 Å². The van der Waals surface area contributed by atoms with Crippen LogP contribution in [0.1, 0.15) is 42.6 Å². The fourth-order valence-corrected chi connectivity index (χ4v) is 2.80. The molecule has 1 heterocycles. The van der Waals surface area contributed by atoms with Crippen molar-refractivity contribution < 1.29 is 14.3 Å². The molecule has 0 fully saturated rings. The van der Waals surface area contributed by atoms with E-state index >= 15 is 0 Å². The van der Waals surface area contributed by atoms with E-state index < -0.39 is 0 Å². The van der Waals surface area contributed by atoms with Crippen LogP contribution in [0, 0.1) is 0 Å².